The van der Waals surface area contributed by atoms with Gasteiger partial charge in [-0.1, -0.05) is 11.3 Å². The third-order valence-electron chi connectivity index (χ3n) is 6.35. The Morgan fingerprint density at radius 3 is 1.98 bits per heavy atom. The van der Waals surface area contributed by atoms with Crippen molar-refractivity contribution in [3.05, 3.63) is 120 Å². The van der Waals surface area contributed by atoms with Crippen molar-refractivity contribution in [3.8, 4) is 28.2 Å². The minimum atomic E-state index is -4.46. The van der Waals surface area contributed by atoms with Crippen LogP contribution in [-0.2, 0) is 12.7 Å². The number of benzene rings is 4. The molecule has 0 bridgehead atoms. The molecule has 0 saturated heterocycles. The summed E-state index contributed by atoms with van der Waals surface area (Å²) in [6, 6.07) is 22.0. The van der Waals surface area contributed by atoms with Crippen molar-refractivity contribution >= 4 is 16.7 Å². The first kappa shape index (κ1) is 26.1. The maximum absolute atomic E-state index is 13.6. The van der Waals surface area contributed by atoms with Crippen LogP contribution in [0, 0.1) is 11.6 Å². The van der Waals surface area contributed by atoms with E-state index in [9.17, 15) is 22.0 Å². The molecule has 2 aromatic heterocycles. The van der Waals surface area contributed by atoms with Crippen molar-refractivity contribution in [2.24, 2.45) is 0 Å². The molecule has 2 heterocycles. The largest absolute Gasteiger partial charge is 0.416 e. The fraction of sp³-hybridized carbons (Fsp3) is 0.0667. The van der Waals surface area contributed by atoms with Crippen molar-refractivity contribution in [3.63, 3.8) is 0 Å². The highest BCUT2D eigenvalue weighted by Crippen LogP contribution is 2.32. The first-order chi connectivity index (χ1) is 19.7. The summed E-state index contributed by atoms with van der Waals surface area (Å²) < 4.78 is 67.7. The van der Waals surface area contributed by atoms with Gasteiger partial charge in [0.1, 0.15) is 17.3 Å². The molecule has 0 aliphatic rings. The van der Waals surface area contributed by atoms with Gasteiger partial charge in [0, 0.05) is 16.8 Å². The average Bonchev–Trinajstić information content (AvgIpc) is 3.45. The zero-order valence-corrected chi connectivity index (χ0v) is 21.1. The zero-order valence-electron chi connectivity index (χ0n) is 21.1. The van der Waals surface area contributed by atoms with Crippen molar-refractivity contribution in [1.82, 2.24) is 25.0 Å². The van der Waals surface area contributed by atoms with Crippen LogP contribution in [0.2, 0.25) is 0 Å². The minimum Gasteiger partial charge on any atom is -0.379 e. The lowest BCUT2D eigenvalue weighted by molar-refractivity contribution is -0.137. The summed E-state index contributed by atoms with van der Waals surface area (Å²) >= 11 is 0. The summed E-state index contributed by atoms with van der Waals surface area (Å²) in [5, 5.41) is 11.2. The number of alkyl halides is 3. The fourth-order valence-corrected chi connectivity index (χ4v) is 4.31. The maximum Gasteiger partial charge on any atom is 0.416 e. The summed E-state index contributed by atoms with van der Waals surface area (Å²) in [6.45, 7) is 0.246. The van der Waals surface area contributed by atoms with Crippen LogP contribution in [0.25, 0.3) is 39.2 Å². The van der Waals surface area contributed by atoms with Crippen LogP contribution < -0.4 is 5.32 Å². The van der Waals surface area contributed by atoms with Crippen molar-refractivity contribution in [1.29, 1.82) is 0 Å². The van der Waals surface area contributed by atoms with E-state index in [4.69, 9.17) is 9.97 Å². The molecule has 4 aromatic carbocycles. The summed E-state index contributed by atoms with van der Waals surface area (Å²) in [5.74, 6) is -0.765. The lowest BCUT2D eigenvalue weighted by Gasteiger charge is -2.12. The molecule has 0 radical (unpaired) electrons. The molecule has 204 valence electrons. The lowest BCUT2D eigenvalue weighted by atomic mass is 10.0. The van der Waals surface area contributed by atoms with Gasteiger partial charge in [-0.05, 0) is 84.9 Å². The molecule has 0 atom stereocenters. The number of aromatic nitrogens is 5. The van der Waals surface area contributed by atoms with Crippen molar-refractivity contribution in [2.45, 2.75) is 12.7 Å². The van der Waals surface area contributed by atoms with Crippen LogP contribution in [0.5, 0.6) is 0 Å². The van der Waals surface area contributed by atoms with Gasteiger partial charge < -0.3 is 5.32 Å². The molecule has 0 aliphatic carbocycles. The quantitative estimate of drug-likeness (QED) is 0.215. The SMILES string of the molecule is Fc1ccc(-c2nc3ccc(NCc4cn(-c5cccc(C(F)(F)F)c5)nn4)cc3nc2-c2ccc(F)cc2)cc1. The standard InChI is InChI=1S/C30H19F5N6/c31-21-8-4-18(5-9-21)28-29(19-6-10-22(32)11-7-19)38-27-15-23(12-13-26(27)37-28)36-16-24-17-41(40-39-24)25-3-1-2-20(14-25)30(33,34)35/h1-15,17,36H,16H2. The zero-order chi connectivity index (χ0) is 28.6. The van der Waals surface area contributed by atoms with Gasteiger partial charge in [-0.15, -0.1) is 5.10 Å². The summed E-state index contributed by atoms with van der Waals surface area (Å²) in [7, 11) is 0. The minimum absolute atomic E-state index is 0.241. The Morgan fingerprint density at radius 2 is 1.34 bits per heavy atom. The molecule has 0 amide bonds. The Morgan fingerprint density at radius 1 is 0.707 bits per heavy atom. The van der Waals surface area contributed by atoms with Gasteiger partial charge in [-0.25, -0.2) is 23.4 Å². The van der Waals surface area contributed by atoms with Gasteiger partial charge in [0.2, 0.25) is 0 Å². The monoisotopic (exact) mass is 558 g/mol. The number of halogens is 5. The van der Waals surface area contributed by atoms with Crippen molar-refractivity contribution < 1.29 is 22.0 Å². The van der Waals surface area contributed by atoms with Gasteiger partial charge in [0.25, 0.3) is 0 Å². The Kier molecular flexibility index (Phi) is 6.62. The van der Waals surface area contributed by atoms with Crippen LogP contribution in [0.1, 0.15) is 11.3 Å². The van der Waals surface area contributed by atoms with E-state index >= 15 is 0 Å². The number of rotatable bonds is 6. The second kappa shape index (κ2) is 10.4. The van der Waals surface area contributed by atoms with Crippen LogP contribution >= 0.6 is 0 Å². The molecular formula is C30H19F5N6. The van der Waals surface area contributed by atoms with Gasteiger partial charge in [0.05, 0.1) is 46.4 Å². The number of nitrogens with zero attached hydrogens (tertiary/aromatic N) is 5. The van der Waals surface area contributed by atoms with Gasteiger partial charge in [-0.2, -0.15) is 13.2 Å². The van der Waals surface area contributed by atoms with E-state index < -0.39 is 11.7 Å². The van der Waals surface area contributed by atoms with Gasteiger partial charge in [0.15, 0.2) is 0 Å². The third-order valence-corrected chi connectivity index (χ3v) is 6.35. The smallest absolute Gasteiger partial charge is 0.379 e. The summed E-state index contributed by atoms with van der Waals surface area (Å²) in [5.41, 5.74) is 4.16. The second-order valence-corrected chi connectivity index (χ2v) is 9.19. The Balaban J connectivity index is 1.28. The fourth-order valence-electron chi connectivity index (χ4n) is 4.31. The predicted octanol–water partition coefficient (Wildman–Crippen LogP) is 7.45. The molecule has 6 nitrogen and oxygen atoms in total. The highest BCUT2D eigenvalue weighted by molar-refractivity contribution is 5.87. The third kappa shape index (κ3) is 5.60. The number of hydrogen-bond acceptors (Lipinski definition) is 5. The molecule has 0 saturated carbocycles. The first-order valence-corrected chi connectivity index (χ1v) is 12.4. The Hall–Kier alpha value is -5.19. The molecule has 41 heavy (non-hydrogen) atoms. The molecule has 0 spiro atoms. The van der Waals surface area contributed by atoms with E-state index in [0.717, 1.165) is 12.1 Å². The molecule has 6 aromatic rings. The number of hydrogen-bond donors (Lipinski definition) is 1. The van der Waals surface area contributed by atoms with E-state index in [2.05, 4.69) is 15.6 Å². The van der Waals surface area contributed by atoms with E-state index in [1.54, 1.807) is 48.7 Å². The van der Waals surface area contributed by atoms with Crippen LogP contribution in [0.15, 0.2) is 97.2 Å². The highest BCUT2D eigenvalue weighted by Gasteiger charge is 2.30. The molecule has 0 aliphatic heterocycles. The predicted molar refractivity (Wildman–Crippen MR) is 144 cm³/mol. The molecule has 11 heteroatoms. The summed E-state index contributed by atoms with van der Waals surface area (Å²) in [4.78, 5) is 9.60. The van der Waals surface area contributed by atoms with E-state index in [0.29, 0.717) is 44.9 Å². The van der Waals surface area contributed by atoms with Crippen molar-refractivity contribution in [2.75, 3.05) is 5.32 Å². The molecule has 6 rings (SSSR count). The highest BCUT2D eigenvalue weighted by atomic mass is 19.4. The van der Waals surface area contributed by atoms with Gasteiger partial charge in [-0.3, -0.25) is 0 Å². The van der Waals surface area contributed by atoms with Gasteiger partial charge >= 0.3 is 6.18 Å². The molecular weight excluding hydrogens is 539 g/mol. The average molecular weight is 559 g/mol. The summed E-state index contributed by atoms with van der Waals surface area (Å²) in [6.07, 6.45) is -2.92. The first-order valence-electron chi connectivity index (χ1n) is 12.4. The van der Waals surface area contributed by atoms with E-state index in [1.807, 2.05) is 0 Å². The Bertz CT molecular complexity index is 1850. The second-order valence-electron chi connectivity index (χ2n) is 9.19. The number of anilines is 1. The van der Waals surface area contributed by atoms with Crippen LogP contribution in [0.3, 0.4) is 0 Å². The molecule has 1 N–H and O–H groups in total. The normalized spacial score (nSPS) is 11.6. The van der Waals surface area contributed by atoms with Crippen LogP contribution in [0.4, 0.5) is 27.6 Å². The number of fused-ring (bicyclic) bond motifs is 1. The Labute approximate surface area is 230 Å². The molecule has 0 unspecified atom stereocenters. The maximum atomic E-state index is 13.6. The van der Waals surface area contributed by atoms with E-state index in [1.165, 1.54) is 41.1 Å². The topological polar surface area (TPSA) is 68.5 Å². The van der Waals surface area contributed by atoms with Crippen LogP contribution in [-0.4, -0.2) is 25.0 Å². The van der Waals surface area contributed by atoms with E-state index in [-0.39, 0.29) is 23.9 Å². The number of nitrogens with one attached hydrogen (secondary N) is 1. The lowest BCUT2D eigenvalue weighted by Crippen LogP contribution is -2.06. The molecule has 0 fully saturated rings.